The van der Waals surface area contributed by atoms with Crippen LogP contribution < -0.4 is 5.73 Å². The lowest BCUT2D eigenvalue weighted by Gasteiger charge is -2.07. The number of rotatable bonds is 1. The van der Waals surface area contributed by atoms with Crippen LogP contribution >= 0.6 is 0 Å². The normalized spacial score (nSPS) is 33.8. The fourth-order valence-corrected chi connectivity index (χ4v) is 0.991. The highest BCUT2D eigenvalue weighted by Crippen LogP contribution is 2.13. The molecule has 0 unspecified atom stereocenters. The van der Waals surface area contributed by atoms with E-state index in [1.54, 1.807) is 0 Å². The highest BCUT2D eigenvalue weighted by Gasteiger charge is 2.23. The standard InChI is InChI=1S/C6H12N2O/c1-3-5-4(2)9-6(7)8-5/h4-5H,3H2,1-2H3,(H2,7,8)/t4-,5+/m1/s1. The van der Waals surface area contributed by atoms with Crippen molar-refractivity contribution in [1.82, 2.24) is 0 Å². The second-order valence-corrected chi connectivity index (χ2v) is 2.27. The average molecular weight is 128 g/mol. The van der Waals surface area contributed by atoms with Crippen molar-refractivity contribution < 1.29 is 4.74 Å². The Hall–Kier alpha value is -0.730. The van der Waals surface area contributed by atoms with E-state index >= 15 is 0 Å². The van der Waals surface area contributed by atoms with Crippen molar-refractivity contribution >= 4 is 6.02 Å². The summed E-state index contributed by atoms with van der Waals surface area (Å²) in [5.74, 6) is 0. The summed E-state index contributed by atoms with van der Waals surface area (Å²) in [6.45, 7) is 4.06. The van der Waals surface area contributed by atoms with E-state index in [0.717, 1.165) is 6.42 Å². The number of ether oxygens (including phenoxy) is 1. The van der Waals surface area contributed by atoms with Crippen molar-refractivity contribution in [3.63, 3.8) is 0 Å². The molecular formula is C6H12N2O. The minimum absolute atomic E-state index is 0.176. The van der Waals surface area contributed by atoms with Crippen molar-refractivity contribution in [1.29, 1.82) is 0 Å². The van der Waals surface area contributed by atoms with Crippen LogP contribution in [0.15, 0.2) is 4.99 Å². The first kappa shape index (κ1) is 6.39. The van der Waals surface area contributed by atoms with Gasteiger partial charge in [-0.05, 0) is 13.3 Å². The number of aliphatic imine (C=N–C) groups is 1. The Labute approximate surface area is 54.9 Å². The summed E-state index contributed by atoms with van der Waals surface area (Å²) < 4.78 is 5.09. The van der Waals surface area contributed by atoms with Gasteiger partial charge in [0, 0.05) is 0 Å². The van der Waals surface area contributed by atoms with E-state index in [2.05, 4.69) is 11.9 Å². The first-order chi connectivity index (χ1) is 4.24. The van der Waals surface area contributed by atoms with E-state index in [0.29, 0.717) is 6.02 Å². The van der Waals surface area contributed by atoms with Crippen LogP contribution in [0.3, 0.4) is 0 Å². The molecule has 1 rings (SSSR count). The number of hydrogen-bond donors (Lipinski definition) is 1. The molecule has 1 heterocycles. The maximum absolute atomic E-state index is 5.32. The molecule has 9 heavy (non-hydrogen) atoms. The van der Waals surface area contributed by atoms with Gasteiger partial charge in [-0.15, -0.1) is 0 Å². The Morgan fingerprint density at radius 3 is 2.67 bits per heavy atom. The summed E-state index contributed by atoms with van der Waals surface area (Å²) in [6.07, 6.45) is 1.18. The third-order valence-corrected chi connectivity index (χ3v) is 1.56. The van der Waals surface area contributed by atoms with Gasteiger partial charge >= 0.3 is 0 Å². The summed E-state index contributed by atoms with van der Waals surface area (Å²) in [7, 11) is 0. The Morgan fingerprint density at radius 1 is 1.78 bits per heavy atom. The summed E-state index contributed by atoms with van der Waals surface area (Å²) in [5, 5.41) is 0. The lowest BCUT2D eigenvalue weighted by Crippen LogP contribution is -2.19. The molecule has 1 aliphatic heterocycles. The smallest absolute Gasteiger partial charge is 0.282 e. The number of nitrogens with zero attached hydrogens (tertiary/aromatic N) is 1. The Morgan fingerprint density at radius 2 is 2.44 bits per heavy atom. The van der Waals surface area contributed by atoms with Crippen molar-refractivity contribution in [3.8, 4) is 0 Å². The van der Waals surface area contributed by atoms with Crippen LogP contribution in [0.5, 0.6) is 0 Å². The molecule has 3 heteroatoms. The average Bonchev–Trinajstić information content (AvgIpc) is 2.10. The maximum Gasteiger partial charge on any atom is 0.282 e. The molecular weight excluding hydrogens is 116 g/mol. The first-order valence-electron chi connectivity index (χ1n) is 3.24. The second kappa shape index (κ2) is 2.25. The molecule has 0 radical (unpaired) electrons. The van der Waals surface area contributed by atoms with Gasteiger partial charge in [-0.3, -0.25) is 0 Å². The van der Waals surface area contributed by atoms with E-state index in [-0.39, 0.29) is 12.1 Å². The van der Waals surface area contributed by atoms with Gasteiger partial charge in [0.1, 0.15) is 6.10 Å². The fraction of sp³-hybridized carbons (Fsp3) is 0.833. The SMILES string of the molecule is CC[C@@H]1N=C(N)O[C@@H]1C. The van der Waals surface area contributed by atoms with Crippen LogP contribution in [0.25, 0.3) is 0 Å². The zero-order valence-electron chi connectivity index (χ0n) is 5.79. The predicted octanol–water partition coefficient (Wildman–Crippen LogP) is 0.498. The van der Waals surface area contributed by atoms with Gasteiger partial charge in [-0.1, -0.05) is 6.92 Å². The van der Waals surface area contributed by atoms with Crippen LogP contribution in [0, 0.1) is 0 Å². The van der Waals surface area contributed by atoms with E-state index in [1.807, 2.05) is 6.92 Å². The molecule has 2 atom stereocenters. The van der Waals surface area contributed by atoms with Gasteiger partial charge in [0.2, 0.25) is 0 Å². The summed E-state index contributed by atoms with van der Waals surface area (Å²) in [5.41, 5.74) is 5.32. The zero-order chi connectivity index (χ0) is 6.85. The Bertz CT molecular complexity index is 133. The van der Waals surface area contributed by atoms with Gasteiger partial charge in [-0.25, -0.2) is 4.99 Å². The predicted molar refractivity (Wildman–Crippen MR) is 36.2 cm³/mol. The summed E-state index contributed by atoms with van der Waals surface area (Å²) >= 11 is 0. The van der Waals surface area contributed by atoms with E-state index in [9.17, 15) is 0 Å². The molecule has 0 bridgehead atoms. The third-order valence-electron chi connectivity index (χ3n) is 1.56. The molecule has 0 amide bonds. The molecule has 0 saturated heterocycles. The first-order valence-corrected chi connectivity index (χ1v) is 3.24. The monoisotopic (exact) mass is 128 g/mol. The zero-order valence-corrected chi connectivity index (χ0v) is 5.79. The Balaban J connectivity index is 2.53. The molecule has 1 aliphatic rings. The molecule has 0 aromatic rings. The lowest BCUT2D eigenvalue weighted by atomic mass is 10.1. The van der Waals surface area contributed by atoms with Gasteiger partial charge in [0.05, 0.1) is 6.04 Å². The molecule has 2 N–H and O–H groups in total. The summed E-state index contributed by atoms with van der Waals surface area (Å²) in [6, 6.07) is 0.624. The number of amidine groups is 1. The van der Waals surface area contributed by atoms with Crippen LogP contribution in [-0.2, 0) is 4.74 Å². The minimum atomic E-state index is 0.176. The Kier molecular flexibility index (Phi) is 1.60. The van der Waals surface area contributed by atoms with Gasteiger partial charge < -0.3 is 10.5 Å². The number of nitrogens with two attached hydrogens (primary N) is 1. The number of hydrogen-bond acceptors (Lipinski definition) is 3. The summed E-state index contributed by atoms with van der Waals surface area (Å²) in [4.78, 5) is 4.06. The van der Waals surface area contributed by atoms with Crippen LogP contribution in [-0.4, -0.2) is 18.2 Å². The molecule has 0 aliphatic carbocycles. The fourth-order valence-electron chi connectivity index (χ4n) is 0.991. The maximum atomic E-state index is 5.32. The van der Waals surface area contributed by atoms with Gasteiger partial charge in [0.15, 0.2) is 0 Å². The minimum Gasteiger partial charge on any atom is -0.460 e. The van der Waals surface area contributed by atoms with Crippen LogP contribution in [0.4, 0.5) is 0 Å². The quantitative estimate of drug-likeness (QED) is 0.559. The molecule has 0 aromatic heterocycles. The van der Waals surface area contributed by atoms with Crippen LogP contribution in [0.2, 0.25) is 0 Å². The second-order valence-electron chi connectivity index (χ2n) is 2.27. The van der Waals surface area contributed by atoms with Gasteiger partial charge in [0.25, 0.3) is 6.02 Å². The lowest BCUT2D eigenvalue weighted by molar-refractivity contribution is 0.207. The largest absolute Gasteiger partial charge is 0.460 e. The third kappa shape index (κ3) is 1.15. The molecule has 0 fully saturated rings. The van der Waals surface area contributed by atoms with E-state index < -0.39 is 0 Å². The molecule has 0 spiro atoms. The molecule has 3 nitrogen and oxygen atoms in total. The van der Waals surface area contributed by atoms with Gasteiger partial charge in [-0.2, -0.15) is 0 Å². The van der Waals surface area contributed by atoms with E-state index in [4.69, 9.17) is 10.5 Å². The van der Waals surface area contributed by atoms with Crippen molar-refractivity contribution in [2.75, 3.05) is 0 Å². The highest BCUT2D eigenvalue weighted by molar-refractivity contribution is 5.73. The van der Waals surface area contributed by atoms with Crippen molar-refractivity contribution in [3.05, 3.63) is 0 Å². The molecule has 0 aromatic carbocycles. The topological polar surface area (TPSA) is 47.6 Å². The van der Waals surface area contributed by atoms with Crippen molar-refractivity contribution in [2.24, 2.45) is 10.7 Å². The van der Waals surface area contributed by atoms with Crippen molar-refractivity contribution in [2.45, 2.75) is 32.4 Å². The van der Waals surface area contributed by atoms with E-state index in [1.165, 1.54) is 0 Å². The molecule has 52 valence electrons. The van der Waals surface area contributed by atoms with Crippen LogP contribution in [0.1, 0.15) is 20.3 Å². The highest BCUT2D eigenvalue weighted by atomic mass is 16.5. The molecule has 0 saturated carbocycles.